The van der Waals surface area contributed by atoms with Gasteiger partial charge in [-0.1, -0.05) is 0 Å². The summed E-state index contributed by atoms with van der Waals surface area (Å²) in [4.78, 5) is 20.6. The van der Waals surface area contributed by atoms with Gasteiger partial charge in [0.25, 0.3) is 0 Å². The predicted octanol–water partition coefficient (Wildman–Crippen LogP) is 0.373. The summed E-state index contributed by atoms with van der Waals surface area (Å²) in [5.74, 6) is 1.00. The number of nitrogens with zero attached hydrogens (tertiary/aromatic N) is 5. The SMILES string of the molecule is CCn1cnc(CNC(=O)C2CCc3ncnn3C2)c1. The van der Waals surface area contributed by atoms with Crippen molar-refractivity contribution in [3.05, 3.63) is 30.4 Å². The molecular formula is C13H18N6O. The largest absolute Gasteiger partial charge is 0.350 e. The Morgan fingerprint density at radius 2 is 2.40 bits per heavy atom. The maximum absolute atomic E-state index is 12.2. The van der Waals surface area contributed by atoms with E-state index < -0.39 is 0 Å². The van der Waals surface area contributed by atoms with Crippen molar-refractivity contribution in [2.24, 2.45) is 5.92 Å². The van der Waals surface area contributed by atoms with Gasteiger partial charge in [0.2, 0.25) is 5.91 Å². The van der Waals surface area contributed by atoms with E-state index in [-0.39, 0.29) is 11.8 Å². The monoisotopic (exact) mass is 274 g/mol. The van der Waals surface area contributed by atoms with E-state index in [0.29, 0.717) is 13.1 Å². The zero-order valence-corrected chi connectivity index (χ0v) is 11.5. The van der Waals surface area contributed by atoms with Crippen molar-refractivity contribution < 1.29 is 4.79 Å². The molecule has 0 saturated carbocycles. The Morgan fingerprint density at radius 1 is 1.50 bits per heavy atom. The number of rotatable bonds is 4. The lowest BCUT2D eigenvalue weighted by Gasteiger charge is -2.21. The van der Waals surface area contributed by atoms with Gasteiger partial charge in [0.1, 0.15) is 12.2 Å². The Balaban J connectivity index is 1.55. The lowest BCUT2D eigenvalue weighted by Crippen LogP contribution is -2.36. The zero-order chi connectivity index (χ0) is 13.9. The molecule has 2 aromatic heterocycles. The van der Waals surface area contributed by atoms with Gasteiger partial charge in [-0.05, 0) is 13.3 Å². The first kappa shape index (κ1) is 12.8. The lowest BCUT2D eigenvalue weighted by atomic mass is 9.99. The molecule has 3 heterocycles. The second-order valence-electron chi connectivity index (χ2n) is 5.01. The molecule has 1 aliphatic rings. The van der Waals surface area contributed by atoms with E-state index >= 15 is 0 Å². The minimum absolute atomic E-state index is 0.0301. The third kappa shape index (κ3) is 2.56. The van der Waals surface area contributed by atoms with Crippen LogP contribution in [0.25, 0.3) is 0 Å². The molecule has 1 amide bonds. The Kier molecular flexibility index (Phi) is 3.49. The summed E-state index contributed by atoms with van der Waals surface area (Å²) >= 11 is 0. The maximum Gasteiger partial charge on any atom is 0.225 e. The number of aromatic nitrogens is 5. The van der Waals surface area contributed by atoms with Crippen LogP contribution in [0.3, 0.4) is 0 Å². The van der Waals surface area contributed by atoms with Crippen molar-refractivity contribution in [1.82, 2.24) is 29.6 Å². The average molecular weight is 274 g/mol. The number of nitrogens with one attached hydrogen (secondary N) is 1. The molecule has 0 aromatic carbocycles. The second kappa shape index (κ2) is 5.44. The molecule has 1 aliphatic heterocycles. The Bertz CT molecular complexity index is 602. The molecule has 7 heteroatoms. The van der Waals surface area contributed by atoms with Gasteiger partial charge in [-0.15, -0.1) is 0 Å². The predicted molar refractivity (Wildman–Crippen MR) is 71.6 cm³/mol. The molecule has 7 nitrogen and oxygen atoms in total. The molecular weight excluding hydrogens is 256 g/mol. The van der Waals surface area contributed by atoms with Crippen LogP contribution in [0.4, 0.5) is 0 Å². The quantitative estimate of drug-likeness (QED) is 0.874. The number of carbonyl (C=O) groups is 1. The molecule has 0 radical (unpaired) electrons. The highest BCUT2D eigenvalue weighted by Crippen LogP contribution is 2.17. The van der Waals surface area contributed by atoms with E-state index in [0.717, 1.165) is 30.9 Å². The van der Waals surface area contributed by atoms with Gasteiger partial charge in [-0.2, -0.15) is 5.10 Å². The highest BCUT2D eigenvalue weighted by Gasteiger charge is 2.25. The Morgan fingerprint density at radius 3 is 3.20 bits per heavy atom. The number of carbonyl (C=O) groups excluding carboxylic acids is 1. The van der Waals surface area contributed by atoms with Gasteiger partial charge in [0.05, 0.1) is 31.0 Å². The highest BCUT2D eigenvalue weighted by molar-refractivity contribution is 5.78. The average Bonchev–Trinajstić information content (AvgIpc) is 3.12. The van der Waals surface area contributed by atoms with Crippen LogP contribution < -0.4 is 5.32 Å². The minimum atomic E-state index is -0.0301. The van der Waals surface area contributed by atoms with Crippen LogP contribution in [0.5, 0.6) is 0 Å². The Labute approximate surface area is 117 Å². The van der Waals surface area contributed by atoms with Gasteiger partial charge in [0.15, 0.2) is 0 Å². The zero-order valence-electron chi connectivity index (χ0n) is 11.5. The summed E-state index contributed by atoms with van der Waals surface area (Å²) in [6.45, 7) is 4.04. The summed E-state index contributed by atoms with van der Waals surface area (Å²) < 4.78 is 3.81. The van der Waals surface area contributed by atoms with Crippen molar-refractivity contribution in [2.75, 3.05) is 0 Å². The van der Waals surface area contributed by atoms with Crippen molar-refractivity contribution in [3.63, 3.8) is 0 Å². The number of amides is 1. The summed E-state index contributed by atoms with van der Waals surface area (Å²) in [7, 11) is 0. The molecule has 0 saturated heterocycles. The molecule has 20 heavy (non-hydrogen) atoms. The molecule has 2 aromatic rings. The smallest absolute Gasteiger partial charge is 0.225 e. The van der Waals surface area contributed by atoms with E-state index in [2.05, 4.69) is 27.3 Å². The lowest BCUT2D eigenvalue weighted by molar-refractivity contribution is -0.126. The molecule has 0 bridgehead atoms. The first-order valence-electron chi connectivity index (χ1n) is 6.91. The van der Waals surface area contributed by atoms with Crippen molar-refractivity contribution in [2.45, 2.75) is 39.4 Å². The van der Waals surface area contributed by atoms with E-state index in [1.807, 2.05) is 15.4 Å². The van der Waals surface area contributed by atoms with Gasteiger partial charge in [-0.3, -0.25) is 4.79 Å². The van der Waals surface area contributed by atoms with E-state index in [1.54, 1.807) is 12.7 Å². The molecule has 0 fully saturated rings. The number of hydrogen-bond acceptors (Lipinski definition) is 4. The van der Waals surface area contributed by atoms with Gasteiger partial charge < -0.3 is 9.88 Å². The van der Waals surface area contributed by atoms with Crippen molar-refractivity contribution in [3.8, 4) is 0 Å². The van der Waals surface area contributed by atoms with Crippen LogP contribution >= 0.6 is 0 Å². The third-order valence-electron chi connectivity index (χ3n) is 3.67. The standard InChI is InChI=1S/C13H18N6O/c1-2-18-7-11(16-9-18)5-14-13(20)10-3-4-12-15-8-17-19(12)6-10/h7-10H,2-6H2,1H3,(H,14,20). The summed E-state index contributed by atoms with van der Waals surface area (Å²) in [6, 6.07) is 0. The molecule has 0 aliphatic carbocycles. The fraction of sp³-hybridized carbons (Fsp3) is 0.538. The van der Waals surface area contributed by atoms with Crippen LogP contribution in [0.2, 0.25) is 0 Å². The van der Waals surface area contributed by atoms with Gasteiger partial charge in [-0.25, -0.2) is 14.6 Å². The van der Waals surface area contributed by atoms with Crippen LogP contribution in [0.1, 0.15) is 24.9 Å². The summed E-state index contributed by atoms with van der Waals surface area (Å²) in [5.41, 5.74) is 0.887. The van der Waals surface area contributed by atoms with Crippen LogP contribution in [0, 0.1) is 5.92 Å². The summed E-state index contributed by atoms with van der Waals surface area (Å²) in [6.07, 6.45) is 6.92. The number of fused-ring (bicyclic) bond motifs is 1. The number of hydrogen-bond donors (Lipinski definition) is 1. The minimum Gasteiger partial charge on any atom is -0.350 e. The number of aryl methyl sites for hydroxylation is 2. The molecule has 1 unspecified atom stereocenters. The molecule has 3 rings (SSSR count). The van der Waals surface area contributed by atoms with Crippen LogP contribution in [-0.4, -0.2) is 30.2 Å². The molecule has 1 N–H and O–H groups in total. The molecule has 1 atom stereocenters. The topological polar surface area (TPSA) is 77.6 Å². The second-order valence-corrected chi connectivity index (χ2v) is 5.01. The van der Waals surface area contributed by atoms with E-state index in [9.17, 15) is 4.79 Å². The van der Waals surface area contributed by atoms with Gasteiger partial charge >= 0.3 is 0 Å². The van der Waals surface area contributed by atoms with Crippen molar-refractivity contribution >= 4 is 5.91 Å². The fourth-order valence-corrected chi connectivity index (χ4v) is 2.44. The van der Waals surface area contributed by atoms with E-state index in [1.165, 1.54) is 0 Å². The van der Waals surface area contributed by atoms with Gasteiger partial charge in [0, 0.05) is 19.2 Å². The van der Waals surface area contributed by atoms with Crippen molar-refractivity contribution in [1.29, 1.82) is 0 Å². The number of imidazole rings is 1. The molecule has 106 valence electrons. The van der Waals surface area contributed by atoms with E-state index in [4.69, 9.17) is 0 Å². The summed E-state index contributed by atoms with van der Waals surface area (Å²) in [5, 5.41) is 7.08. The first-order valence-corrected chi connectivity index (χ1v) is 6.91. The van der Waals surface area contributed by atoms with Crippen LogP contribution in [-0.2, 0) is 30.8 Å². The maximum atomic E-state index is 12.2. The normalized spacial score (nSPS) is 17.8. The highest BCUT2D eigenvalue weighted by atomic mass is 16.1. The Hall–Kier alpha value is -2.18. The first-order chi connectivity index (χ1) is 9.76. The van der Waals surface area contributed by atoms with Crippen LogP contribution in [0.15, 0.2) is 18.9 Å². The fourth-order valence-electron chi connectivity index (χ4n) is 2.44. The third-order valence-corrected chi connectivity index (χ3v) is 3.67. The molecule has 0 spiro atoms.